The molecule has 1 amide bonds. The first-order valence-corrected chi connectivity index (χ1v) is 14.8. The first kappa shape index (κ1) is 29.5. The average molecular weight is 586 g/mol. The van der Waals surface area contributed by atoms with E-state index in [1.54, 1.807) is 59.3 Å². The van der Waals surface area contributed by atoms with Crippen LogP contribution in [0.2, 0.25) is 5.02 Å². The van der Waals surface area contributed by atoms with Crippen molar-refractivity contribution >= 4 is 46.0 Å². The summed E-state index contributed by atoms with van der Waals surface area (Å²) in [6.07, 6.45) is 8.58. The number of nitrogens with zero attached hydrogens (tertiary/aromatic N) is 2. The van der Waals surface area contributed by atoms with Gasteiger partial charge in [0.15, 0.2) is 5.78 Å². The summed E-state index contributed by atoms with van der Waals surface area (Å²) in [6, 6.07) is 17.8. The lowest BCUT2D eigenvalue weighted by atomic mass is 9.86. The molecular formula is C34H36ClN3O4. The Labute approximate surface area is 251 Å². The summed E-state index contributed by atoms with van der Waals surface area (Å²) in [5.74, 6) is -0.429. The number of nitrogens with one attached hydrogen (secondary N) is 1. The Kier molecular flexibility index (Phi) is 8.78. The van der Waals surface area contributed by atoms with Gasteiger partial charge in [0.05, 0.1) is 10.9 Å². The van der Waals surface area contributed by atoms with Gasteiger partial charge in [0.1, 0.15) is 18.0 Å². The van der Waals surface area contributed by atoms with E-state index in [-0.39, 0.29) is 23.3 Å². The van der Waals surface area contributed by atoms with Crippen LogP contribution in [0.4, 0.5) is 5.82 Å². The number of ether oxygens (including phenoxy) is 1. The fraction of sp³-hybridized carbons (Fsp3) is 0.353. The van der Waals surface area contributed by atoms with Gasteiger partial charge in [0.2, 0.25) is 5.91 Å². The van der Waals surface area contributed by atoms with Crippen molar-refractivity contribution in [1.82, 2.24) is 9.55 Å². The van der Waals surface area contributed by atoms with Gasteiger partial charge in [-0.05, 0) is 62.9 Å². The van der Waals surface area contributed by atoms with Gasteiger partial charge in [-0.2, -0.15) is 0 Å². The molecule has 2 aromatic heterocycles. The third-order valence-electron chi connectivity index (χ3n) is 7.65. The highest BCUT2D eigenvalue weighted by molar-refractivity contribution is 6.36. The SMILES string of the molecule is CC(C)(C)OC(=O)Cn1cc(C(CC2CCCC2)C(=O)Nc2ccccn2)c2cc(Cl)c(C(=O)c3ccccc3)cc21. The summed E-state index contributed by atoms with van der Waals surface area (Å²) in [5.41, 5.74) is 1.58. The molecular weight excluding hydrogens is 550 g/mol. The molecule has 5 rings (SSSR count). The first-order valence-electron chi connectivity index (χ1n) is 14.4. The van der Waals surface area contributed by atoms with Crippen LogP contribution in [0.25, 0.3) is 10.9 Å². The van der Waals surface area contributed by atoms with Gasteiger partial charge < -0.3 is 14.6 Å². The zero-order chi connectivity index (χ0) is 29.9. The topological polar surface area (TPSA) is 90.3 Å². The minimum Gasteiger partial charge on any atom is -0.459 e. The maximum Gasteiger partial charge on any atom is 0.326 e. The second kappa shape index (κ2) is 12.5. The predicted molar refractivity (Wildman–Crippen MR) is 165 cm³/mol. The second-order valence-electron chi connectivity index (χ2n) is 12.0. The normalized spacial score (nSPS) is 14.6. The lowest BCUT2D eigenvalue weighted by Gasteiger charge is -2.20. The van der Waals surface area contributed by atoms with Gasteiger partial charge in [-0.3, -0.25) is 14.4 Å². The van der Waals surface area contributed by atoms with E-state index in [2.05, 4.69) is 10.3 Å². The van der Waals surface area contributed by atoms with Gasteiger partial charge in [0.25, 0.3) is 0 Å². The molecule has 0 bridgehead atoms. The van der Waals surface area contributed by atoms with Crippen molar-refractivity contribution < 1.29 is 19.1 Å². The third kappa shape index (κ3) is 6.90. The molecule has 1 atom stereocenters. The molecule has 0 spiro atoms. The van der Waals surface area contributed by atoms with Crippen molar-refractivity contribution in [2.75, 3.05) is 5.32 Å². The van der Waals surface area contributed by atoms with Crippen molar-refractivity contribution in [1.29, 1.82) is 0 Å². The Morgan fingerprint density at radius 2 is 1.76 bits per heavy atom. The highest BCUT2D eigenvalue weighted by Crippen LogP contribution is 2.39. The summed E-state index contributed by atoms with van der Waals surface area (Å²) in [5, 5.41) is 4.01. The predicted octanol–water partition coefficient (Wildman–Crippen LogP) is 7.57. The van der Waals surface area contributed by atoms with Crippen LogP contribution in [0, 0.1) is 5.92 Å². The Bertz CT molecular complexity index is 1590. The lowest BCUT2D eigenvalue weighted by Crippen LogP contribution is -2.26. The van der Waals surface area contributed by atoms with Gasteiger partial charge in [-0.15, -0.1) is 0 Å². The van der Waals surface area contributed by atoms with E-state index in [9.17, 15) is 14.4 Å². The van der Waals surface area contributed by atoms with E-state index >= 15 is 0 Å². The molecule has 1 aliphatic carbocycles. The van der Waals surface area contributed by atoms with Crippen LogP contribution < -0.4 is 5.32 Å². The third-order valence-corrected chi connectivity index (χ3v) is 7.97. The van der Waals surface area contributed by atoms with Crippen molar-refractivity contribution in [2.45, 2.75) is 70.9 Å². The molecule has 0 saturated heterocycles. The number of anilines is 1. The molecule has 1 unspecified atom stereocenters. The van der Waals surface area contributed by atoms with Gasteiger partial charge in [0, 0.05) is 34.4 Å². The van der Waals surface area contributed by atoms with Gasteiger partial charge >= 0.3 is 5.97 Å². The minimum absolute atomic E-state index is 0.0770. The summed E-state index contributed by atoms with van der Waals surface area (Å²) >= 11 is 6.77. The van der Waals surface area contributed by atoms with Crippen molar-refractivity contribution in [2.24, 2.45) is 5.92 Å². The maximum absolute atomic E-state index is 13.9. The summed E-state index contributed by atoms with van der Waals surface area (Å²) in [7, 11) is 0. The Morgan fingerprint density at radius 1 is 1.05 bits per heavy atom. The van der Waals surface area contributed by atoms with E-state index in [0.717, 1.165) is 36.6 Å². The molecule has 0 radical (unpaired) electrons. The van der Waals surface area contributed by atoms with Crippen LogP contribution in [-0.4, -0.2) is 32.8 Å². The van der Waals surface area contributed by atoms with Crippen LogP contribution in [0.3, 0.4) is 0 Å². The standard InChI is InChI=1S/C34H36ClN3O4/c1-34(2,3)42-31(39)21-38-20-27(24-18-28(35)26(19-29(24)38)32(40)23-13-5-4-6-14-23)25(17-22-11-7-8-12-22)33(41)37-30-15-9-10-16-36-30/h4-6,9-10,13-16,18-20,22,25H,7-8,11-12,17,21H2,1-3H3,(H,36,37,41). The molecule has 2 heterocycles. The van der Waals surface area contributed by atoms with E-state index in [4.69, 9.17) is 16.3 Å². The quantitative estimate of drug-likeness (QED) is 0.162. The molecule has 42 heavy (non-hydrogen) atoms. The fourth-order valence-corrected chi connectivity index (χ4v) is 6.03. The number of fused-ring (bicyclic) bond motifs is 1. The lowest BCUT2D eigenvalue weighted by molar-refractivity contribution is -0.155. The molecule has 1 saturated carbocycles. The molecule has 1 N–H and O–H groups in total. The van der Waals surface area contributed by atoms with Gasteiger partial charge in [-0.25, -0.2) is 4.98 Å². The number of pyridine rings is 1. The number of halogens is 1. The molecule has 7 nitrogen and oxygen atoms in total. The van der Waals surface area contributed by atoms with E-state index < -0.39 is 17.5 Å². The van der Waals surface area contributed by atoms with Crippen molar-refractivity contribution in [3.05, 3.63) is 94.8 Å². The number of esters is 1. The monoisotopic (exact) mass is 585 g/mol. The molecule has 4 aromatic rings. The second-order valence-corrected chi connectivity index (χ2v) is 12.4. The Hall–Kier alpha value is -3.97. The molecule has 1 fully saturated rings. The number of carbonyl (C=O) groups is 3. The van der Waals surface area contributed by atoms with Crippen molar-refractivity contribution in [3.63, 3.8) is 0 Å². The van der Waals surface area contributed by atoms with Crippen LogP contribution >= 0.6 is 11.6 Å². The largest absolute Gasteiger partial charge is 0.459 e. The number of ketones is 1. The average Bonchev–Trinajstić information content (AvgIpc) is 3.58. The van der Waals surface area contributed by atoms with Crippen LogP contribution in [0.1, 0.15) is 80.3 Å². The maximum atomic E-state index is 13.9. The minimum atomic E-state index is -0.659. The number of hydrogen-bond donors (Lipinski definition) is 1. The van der Waals surface area contributed by atoms with Crippen molar-refractivity contribution in [3.8, 4) is 0 Å². The number of benzene rings is 2. The van der Waals surface area contributed by atoms with E-state index in [1.807, 2.05) is 39.1 Å². The van der Waals surface area contributed by atoms with Crippen LogP contribution in [-0.2, 0) is 20.9 Å². The van der Waals surface area contributed by atoms with Crippen LogP contribution in [0.15, 0.2) is 73.1 Å². The first-order chi connectivity index (χ1) is 20.1. The molecule has 8 heteroatoms. The molecule has 0 aliphatic heterocycles. The number of carbonyl (C=O) groups excluding carboxylic acids is 3. The zero-order valence-electron chi connectivity index (χ0n) is 24.2. The van der Waals surface area contributed by atoms with Gasteiger partial charge in [-0.1, -0.05) is 73.7 Å². The van der Waals surface area contributed by atoms with Crippen LogP contribution in [0.5, 0.6) is 0 Å². The Morgan fingerprint density at radius 3 is 2.43 bits per heavy atom. The highest BCUT2D eigenvalue weighted by Gasteiger charge is 2.31. The summed E-state index contributed by atoms with van der Waals surface area (Å²) < 4.78 is 7.40. The summed E-state index contributed by atoms with van der Waals surface area (Å²) in [4.78, 5) is 44.6. The molecule has 2 aromatic carbocycles. The van der Waals surface area contributed by atoms with E-state index in [0.29, 0.717) is 34.8 Å². The molecule has 1 aliphatic rings. The Balaban J connectivity index is 1.61. The fourth-order valence-electron chi connectivity index (χ4n) is 5.78. The number of hydrogen-bond acceptors (Lipinski definition) is 5. The summed E-state index contributed by atoms with van der Waals surface area (Å²) in [6.45, 7) is 5.38. The number of amides is 1. The van der Waals surface area contributed by atoms with E-state index in [1.165, 1.54) is 0 Å². The zero-order valence-corrected chi connectivity index (χ0v) is 25.0. The molecule has 218 valence electrons. The smallest absolute Gasteiger partial charge is 0.326 e. The number of rotatable bonds is 9. The number of aromatic nitrogens is 2. The highest BCUT2D eigenvalue weighted by atomic mass is 35.5.